The fourth-order valence-electron chi connectivity index (χ4n) is 2.32. The third-order valence-electron chi connectivity index (χ3n) is 3.74. The molecule has 1 heterocycles. The van der Waals surface area contributed by atoms with Gasteiger partial charge >= 0.3 is 0 Å². The van der Waals surface area contributed by atoms with Crippen molar-refractivity contribution in [3.8, 4) is 17.1 Å². The van der Waals surface area contributed by atoms with E-state index < -0.39 is 0 Å². The first-order valence-corrected chi connectivity index (χ1v) is 9.08. The van der Waals surface area contributed by atoms with Crippen LogP contribution in [-0.2, 0) is 11.3 Å². The molecule has 1 aromatic heterocycles. The molecule has 0 atom stereocenters. The zero-order valence-electron chi connectivity index (χ0n) is 14.9. The third kappa shape index (κ3) is 5.52. The second kappa shape index (κ2) is 9.14. The smallest absolute Gasteiger partial charge is 0.248 e. The molecule has 3 aromatic rings. The Hall–Kier alpha value is -2.93. The first-order valence-electron chi connectivity index (χ1n) is 8.70. The molecule has 7 nitrogen and oxygen atoms in total. The number of tetrazole rings is 1. The Morgan fingerprint density at radius 3 is 2.59 bits per heavy atom. The minimum Gasteiger partial charge on any atom is -0.494 e. The summed E-state index contributed by atoms with van der Waals surface area (Å²) in [6.07, 6.45) is 2.12. The van der Waals surface area contributed by atoms with Crippen molar-refractivity contribution in [3.05, 3.63) is 53.6 Å². The van der Waals surface area contributed by atoms with Gasteiger partial charge in [-0.05, 0) is 60.2 Å². The molecule has 0 aliphatic heterocycles. The second-order valence-electron chi connectivity index (χ2n) is 5.92. The van der Waals surface area contributed by atoms with E-state index in [0.29, 0.717) is 23.1 Å². The van der Waals surface area contributed by atoms with Crippen LogP contribution in [0.3, 0.4) is 0 Å². The number of carbonyl (C=O) groups excluding carboxylic acids is 1. The number of hydrogen-bond acceptors (Lipinski definition) is 5. The Bertz CT molecular complexity index is 878. The summed E-state index contributed by atoms with van der Waals surface area (Å²) >= 11 is 5.83. The van der Waals surface area contributed by atoms with Gasteiger partial charge in [-0.15, -0.1) is 10.2 Å². The van der Waals surface area contributed by atoms with Crippen LogP contribution >= 0.6 is 11.6 Å². The van der Waals surface area contributed by atoms with Crippen LogP contribution in [0.2, 0.25) is 5.02 Å². The van der Waals surface area contributed by atoms with Crippen LogP contribution in [0.5, 0.6) is 5.75 Å². The molecule has 0 unspecified atom stereocenters. The topological polar surface area (TPSA) is 81.9 Å². The maximum absolute atomic E-state index is 12.1. The number of carbonyl (C=O) groups is 1. The number of hydrogen-bond donors (Lipinski definition) is 1. The molecule has 1 amide bonds. The second-order valence-corrected chi connectivity index (χ2v) is 6.36. The van der Waals surface area contributed by atoms with Crippen LogP contribution in [0.25, 0.3) is 11.4 Å². The molecule has 0 fully saturated rings. The van der Waals surface area contributed by atoms with Crippen LogP contribution in [0.4, 0.5) is 5.69 Å². The number of aromatic nitrogens is 4. The zero-order chi connectivity index (χ0) is 19.1. The lowest BCUT2D eigenvalue weighted by molar-refractivity contribution is -0.117. The van der Waals surface area contributed by atoms with Crippen LogP contribution < -0.4 is 10.1 Å². The molecule has 3 rings (SSSR count). The quantitative estimate of drug-likeness (QED) is 0.596. The number of anilines is 1. The number of rotatable bonds is 8. The van der Waals surface area contributed by atoms with E-state index in [1.165, 1.54) is 4.80 Å². The predicted octanol–water partition coefficient (Wildman–Crippen LogP) is 3.81. The average Bonchev–Trinajstić information content (AvgIpc) is 3.13. The highest BCUT2D eigenvalue weighted by atomic mass is 35.5. The maximum Gasteiger partial charge on any atom is 0.248 e. The Balaban J connectivity index is 1.57. The van der Waals surface area contributed by atoms with Gasteiger partial charge in [0.15, 0.2) is 0 Å². The molecular weight excluding hydrogens is 366 g/mol. The summed E-state index contributed by atoms with van der Waals surface area (Å²) in [5, 5.41) is 15.6. The SMILES string of the molecule is CCCCOc1ccc(-c2nnn(CC(=O)Nc3ccc(Cl)cc3)n2)cc1. The van der Waals surface area contributed by atoms with E-state index in [-0.39, 0.29) is 12.5 Å². The van der Waals surface area contributed by atoms with Crippen molar-refractivity contribution < 1.29 is 9.53 Å². The van der Waals surface area contributed by atoms with Gasteiger partial charge in [0.2, 0.25) is 11.7 Å². The van der Waals surface area contributed by atoms with Crippen molar-refractivity contribution in [2.45, 2.75) is 26.3 Å². The van der Waals surface area contributed by atoms with Crippen molar-refractivity contribution in [1.82, 2.24) is 20.2 Å². The van der Waals surface area contributed by atoms with E-state index in [1.807, 2.05) is 24.3 Å². The molecule has 0 aliphatic rings. The molecule has 140 valence electrons. The molecule has 0 saturated carbocycles. The number of unbranched alkanes of at least 4 members (excludes halogenated alkanes) is 1. The number of halogens is 1. The highest BCUT2D eigenvalue weighted by molar-refractivity contribution is 6.30. The first-order chi connectivity index (χ1) is 13.1. The van der Waals surface area contributed by atoms with Crippen LogP contribution in [0.15, 0.2) is 48.5 Å². The molecule has 0 spiro atoms. The average molecular weight is 386 g/mol. The number of nitrogens with zero attached hydrogens (tertiary/aromatic N) is 4. The zero-order valence-corrected chi connectivity index (χ0v) is 15.7. The highest BCUT2D eigenvalue weighted by Crippen LogP contribution is 2.19. The Kier molecular flexibility index (Phi) is 6.38. The Morgan fingerprint density at radius 2 is 1.89 bits per heavy atom. The predicted molar refractivity (Wildman–Crippen MR) is 104 cm³/mol. The van der Waals surface area contributed by atoms with Gasteiger partial charge in [0.25, 0.3) is 0 Å². The minimum absolute atomic E-state index is 0.0339. The highest BCUT2D eigenvalue weighted by Gasteiger charge is 2.10. The summed E-state index contributed by atoms with van der Waals surface area (Å²) < 4.78 is 5.64. The molecule has 0 saturated heterocycles. The van der Waals surface area contributed by atoms with Crippen LogP contribution in [0.1, 0.15) is 19.8 Å². The van der Waals surface area contributed by atoms with E-state index in [9.17, 15) is 4.79 Å². The van der Waals surface area contributed by atoms with Gasteiger partial charge in [0.05, 0.1) is 6.61 Å². The van der Waals surface area contributed by atoms with Crippen molar-refractivity contribution in [2.75, 3.05) is 11.9 Å². The molecular formula is C19H20ClN5O2. The van der Waals surface area contributed by atoms with Gasteiger partial charge in [-0.1, -0.05) is 24.9 Å². The van der Waals surface area contributed by atoms with E-state index in [2.05, 4.69) is 27.7 Å². The fourth-order valence-corrected chi connectivity index (χ4v) is 2.45. The molecule has 0 radical (unpaired) electrons. The summed E-state index contributed by atoms with van der Waals surface area (Å²) in [6, 6.07) is 14.4. The number of nitrogens with one attached hydrogen (secondary N) is 1. The Labute approximate surface area is 162 Å². The lowest BCUT2D eigenvalue weighted by Crippen LogP contribution is -2.20. The molecule has 0 bridgehead atoms. The lowest BCUT2D eigenvalue weighted by atomic mass is 10.2. The standard InChI is InChI=1S/C19H20ClN5O2/c1-2-3-12-27-17-10-4-14(5-11-17)19-22-24-25(23-19)13-18(26)21-16-8-6-15(20)7-9-16/h4-11H,2-3,12-13H2,1H3,(H,21,26). The minimum atomic E-state index is -0.249. The summed E-state index contributed by atoms with van der Waals surface area (Å²) in [5.41, 5.74) is 1.46. The third-order valence-corrected chi connectivity index (χ3v) is 4.00. The van der Waals surface area contributed by atoms with E-state index in [1.54, 1.807) is 24.3 Å². The van der Waals surface area contributed by atoms with Gasteiger partial charge in [-0.3, -0.25) is 4.79 Å². The van der Waals surface area contributed by atoms with Crippen molar-refractivity contribution in [1.29, 1.82) is 0 Å². The molecule has 1 N–H and O–H groups in total. The summed E-state index contributed by atoms with van der Waals surface area (Å²) in [7, 11) is 0. The summed E-state index contributed by atoms with van der Waals surface area (Å²) in [6.45, 7) is 2.79. The van der Waals surface area contributed by atoms with E-state index in [0.717, 1.165) is 24.2 Å². The Morgan fingerprint density at radius 1 is 1.15 bits per heavy atom. The number of amides is 1. The van der Waals surface area contributed by atoms with Crippen LogP contribution in [0, 0.1) is 0 Å². The van der Waals surface area contributed by atoms with Gasteiger partial charge in [0.1, 0.15) is 12.3 Å². The van der Waals surface area contributed by atoms with E-state index in [4.69, 9.17) is 16.3 Å². The summed E-state index contributed by atoms with van der Waals surface area (Å²) in [4.78, 5) is 13.3. The first kappa shape index (κ1) is 18.8. The number of ether oxygens (including phenoxy) is 1. The van der Waals surface area contributed by atoms with Gasteiger partial charge in [0, 0.05) is 16.3 Å². The fraction of sp³-hybridized carbons (Fsp3) is 0.263. The lowest BCUT2D eigenvalue weighted by Gasteiger charge is -2.05. The largest absolute Gasteiger partial charge is 0.494 e. The van der Waals surface area contributed by atoms with Crippen molar-refractivity contribution in [2.24, 2.45) is 0 Å². The van der Waals surface area contributed by atoms with Crippen molar-refractivity contribution in [3.63, 3.8) is 0 Å². The van der Waals surface area contributed by atoms with Gasteiger partial charge in [-0.2, -0.15) is 4.80 Å². The molecule has 0 aliphatic carbocycles. The number of benzene rings is 2. The normalized spacial score (nSPS) is 10.6. The maximum atomic E-state index is 12.1. The monoisotopic (exact) mass is 385 g/mol. The van der Waals surface area contributed by atoms with E-state index >= 15 is 0 Å². The summed E-state index contributed by atoms with van der Waals surface area (Å²) in [5.74, 6) is 1.01. The molecule has 27 heavy (non-hydrogen) atoms. The molecule has 2 aromatic carbocycles. The van der Waals surface area contributed by atoms with Gasteiger partial charge in [-0.25, -0.2) is 0 Å². The van der Waals surface area contributed by atoms with Crippen molar-refractivity contribution >= 4 is 23.2 Å². The van der Waals surface area contributed by atoms with Gasteiger partial charge < -0.3 is 10.1 Å². The van der Waals surface area contributed by atoms with Crippen LogP contribution in [-0.4, -0.2) is 32.7 Å². The molecule has 8 heteroatoms.